The lowest BCUT2D eigenvalue weighted by Gasteiger charge is -2.39. The molecule has 0 unspecified atom stereocenters. The molecular weight excluding hydrogens is 332 g/mol. The van der Waals surface area contributed by atoms with Crippen LogP contribution in [-0.2, 0) is 13.9 Å². The van der Waals surface area contributed by atoms with Gasteiger partial charge < -0.3 is 19.0 Å². The minimum Gasteiger partial charge on any atom is -0.414 e. The molecule has 0 spiro atoms. The van der Waals surface area contributed by atoms with Crippen molar-refractivity contribution >= 4 is 8.32 Å². The number of hydrogen-bond donors (Lipinski definition) is 1. The van der Waals surface area contributed by atoms with Gasteiger partial charge in [-0.2, -0.15) is 0 Å². The lowest BCUT2D eigenvalue weighted by atomic mass is 9.91. The standard InChI is InChI=1S/C20H38O4Si/c1-9-15-10-12-20(6,23-15)17-11-13-19(5,24-17)16(21)14-22-25(7,8)18(2,3)4/h9,15-17,21H,1,10-14H2,2-8H3/t15-,16-,17-,19+,20+/m1/s1. The van der Waals surface area contributed by atoms with Crippen molar-refractivity contribution in [3.63, 3.8) is 0 Å². The highest BCUT2D eigenvalue weighted by Crippen LogP contribution is 2.44. The zero-order valence-electron chi connectivity index (χ0n) is 17.2. The second kappa shape index (κ2) is 7.08. The summed E-state index contributed by atoms with van der Waals surface area (Å²) in [5.41, 5.74) is -0.845. The third-order valence-corrected chi connectivity index (χ3v) is 11.2. The van der Waals surface area contributed by atoms with Crippen LogP contribution in [0.4, 0.5) is 0 Å². The molecule has 0 aliphatic carbocycles. The molecule has 0 aromatic rings. The summed E-state index contributed by atoms with van der Waals surface area (Å²) >= 11 is 0. The van der Waals surface area contributed by atoms with Crippen LogP contribution in [0.1, 0.15) is 60.3 Å². The normalized spacial score (nSPS) is 38.1. The summed E-state index contributed by atoms with van der Waals surface area (Å²) in [6.45, 7) is 19.4. The first-order valence-electron chi connectivity index (χ1n) is 9.63. The van der Waals surface area contributed by atoms with Gasteiger partial charge in [-0.25, -0.2) is 0 Å². The molecule has 0 radical (unpaired) electrons. The molecule has 2 fully saturated rings. The summed E-state index contributed by atoms with van der Waals surface area (Å²) in [6.07, 6.45) is 5.10. The van der Waals surface area contributed by atoms with Crippen LogP contribution in [0.5, 0.6) is 0 Å². The van der Waals surface area contributed by atoms with Crippen LogP contribution >= 0.6 is 0 Å². The number of rotatable bonds is 6. The molecule has 2 rings (SSSR count). The van der Waals surface area contributed by atoms with Crippen molar-refractivity contribution in [3.8, 4) is 0 Å². The Morgan fingerprint density at radius 2 is 1.88 bits per heavy atom. The molecule has 0 bridgehead atoms. The molecule has 0 amide bonds. The smallest absolute Gasteiger partial charge is 0.192 e. The molecule has 4 nitrogen and oxygen atoms in total. The molecule has 5 atom stereocenters. The largest absolute Gasteiger partial charge is 0.414 e. The van der Waals surface area contributed by atoms with Crippen molar-refractivity contribution in [1.82, 2.24) is 0 Å². The van der Waals surface area contributed by atoms with Crippen molar-refractivity contribution in [2.45, 2.75) is 108 Å². The van der Waals surface area contributed by atoms with E-state index >= 15 is 0 Å². The topological polar surface area (TPSA) is 47.9 Å². The zero-order chi connectivity index (χ0) is 19.1. The Kier molecular flexibility index (Phi) is 5.98. The van der Waals surface area contributed by atoms with E-state index in [0.717, 1.165) is 25.7 Å². The van der Waals surface area contributed by atoms with Gasteiger partial charge in [-0.3, -0.25) is 0 Å². The molecule has 2 saturated heterocycles. The van der Waals surface area contributed by atoms with Gasteiger partial charge >= 0.3 is 0 Å². The van der Waals surface area contributed by atoms with Crippen LogP contribution in [0.15, 0.2) is 12.7 Å². The molecule has 2 heterocycles. The maximum Gasteiger partial charge on any atom is 0.192 e. The highest BCUT2D eigenvalue weighted by atomic mass is 28.4. The Bertz CT molecular complexity index is 487. The molecular formula is C20H38O4Si. The molecule has 2 aliphatic rings. The van der Waals surface area contributed by atoms with Gasteiger partial charge in [0.05, 0.1) is 30.0 Å². The summed E-state index contributed by atoms with van der Waals surface area (Å²) in [5.74, 6) is 0. The summed E-state index contributed by atoms with van der Waals surface area (Å²) < 4.78 is 18.8. The van der Waals surface area contributed by atoms with E-state index in [1.807, 2.05) is 13.0 Å². The lowest BCUT2D eigenvalue weighted by molar-refractivity contribution is -0.172. The van der Waals surface area contributed by atoms with Crippen LogP contribution in [0, 0.1) is 0 Å². The van der Waals surface area contributed by atoms with E-state index in [2.05, 4.69) is 47.4 Å². The SMILES string of the molecule is C=C[C@@H]1CC[C@@](C)([C@H]2CC[C@@](C)([C@H](O)CO[Si](C)(C)C(C)(C)C)O2)O1. The quantitative estimate of drug-likeness (QED) is 0.555. The van der Waals surface area contributed by atoms with Gasteiger partial charge in [0.25, 0.3) is 0 Å². The Morgan fingerprint density at radius 3 is 2.40 bits per heavy atom. The van der Waals surface area contributed by atoms with Gasteiger partial charge in [0, 0.05) is 0 Å². The molecule has 2 aliphatic heterocycles. The Labute approximate surface area is 155 Å². The van der Waals surface area contributed by atoms with Gasteiger partial charge in [0.2, 0.25) is 0 Å². The Balaban J connectivity index is 1.95. The van der Waals surface area contributed by atoms with Gasteiger partial charge in [-0.1, -0.05) is 26.8 Å². The first-order chi connectivity index (χ1) is 11.3. The molecule has 0 aromatic carbocycles. The Hall–Kier alpha value is -0.203. The molecule has 25 heavy (non-hydrogen) atoms. The van der Waals surface area contributed by atoms with Crippen LogP contribution in [-0.4, -0.2) is 49.5 Å². The lowest BCUT2D eigenvalue weighted by Crippen LogP contribution is -2.49. The third-order valence-electron chi connectivity index (χ3n) is 6.72. The van der Waals surface area contributed by atoms with E-state index in [1.165, 1.54) is 0 Å². The van der Waals surface area contributed by atoms with Gasteiger partial charge in [-0.15, -0.1) is 6.58 Å². The van der Waals surface area contributed by atoms with Crippen LogP contribution in [0.2, 0.25) is 18.1 Å². The fraction of sp³-hybridized carbons (Fsp3) is 0.900. The van der Waals surface area contributed by atoms with Crippen molar-refractivity contribution in [3.05, 3.63) is 12.7 Å². The molecule has 5 heteroatoms. The van der Waals surface area contributed by atoms with Crippen LogP contribution in [0.3, 0.4) is 0 Å². The molecule has 146 valence electrons. The molecule has 0 aromatic heterocycles. The van der Waals surface area contributed by atoms with Gasteiger partial charge in [0.1, 0.15) is 6.10 Å². The summed E-state index contributed by atoms with van der Waals surface area (Å²) in [6, 6.07) is 0. The Morgan fingerprint density at radius 1 is 1.24 bits per heavy atom. The predicted octanol–water partition coefficient (Wildman–Crippen LogP) is 4.43. The molecule has 0 saturated carbocycles. The van der Waals surface area contributed by atoms with E-state index in [9.17, 15) is 5.11 Å². The van der Waals surface area contributed by atoms with Crippen molar-refractivity contribution < 1.29 is 19.0 Å². The predicted molar refractivity (Wildman–Crippen MR) is 104 cm³/mol. The monoisotopic (exact) mass is 370 g/mol. The number of aliphatic hydroxyl groups is 1. The average molecular weight is 371 g/mol. The van der Waals surface area contributed by atoms with E-state index < -0.39 is 20.0 Å². The van der Waals surface area contributed by atoms with Crippen molar-refractivity contribution in [2.24, 2.45) is 0 Å². The highest BCUT2D eigenvalue weighted by molar-refractivity contribution is 6.74. The second-order valence-corrected chi connectivity index (χ2v) is 14.6. The average Bonchev–Trinajstić information content (AvgIpc) is 3.09. The van der Waals surface area contributed by atoms with Crippen LogP contribution < -0.4 is 0 Å². The molecule has 1 N–H and O–H groups in total. The van der Waals surface area contributed by atoms with Gasteiger partial charge in [-0.05, 0) is 57.7 Å². The summed E-state index contributed by atoms with van der Waals surface area (Å²) in [5, 5.41) is 10.9. The minimum absolute atomic E-state index is 0.0185. The second-order valence-electron chi connectivity index (χ2n) is 9.79. The zero-order valence-corrected chi connectivity index (χ0v) is 18.2. The van der Waals surface area contributed by atoms with E-state index in [-0.39, 0.29) is 22.8 Å². The van der Waals surface area contributed by atoms with E-state index in [0.29, 0.717) is 6.61 Å². The highest BCUT2D eigenvalue weighted by Gasteiger charge is 2.51. The first kappa shape index (κ1) is 21.1. The first-order valence-corrected chi connectivity index (χ1v) is 12.5. The maximum absolute atomic E-state index is 10.8. The van der Waals surface area contributed by atoms with E-state index in [4.69, 9.17) is 13.9 Å². The number of ether oxygens (including phenoxy) is 2. The van der Waals surface area contributed by atoms with E-state index in [1.54, 1.807) is 0 Å². The van der Waals surface area contributed by atoms with Crippen molar-refractivity contribution in [1.29, 1.82) is 0 Å². The number of hydrogen-bond acceptors (Lipinski definition) is 4. The van der Waals surface area contributed by atoms with Gasteiger partial charge in [0.15, 0.2) is 8.32 Å². The summed E-state index contributed by atoms with van der Waals surface area (Å²) in [4.78, 5) is 0. The van der Waals surface area contributed by atoms with Crippen LogP contribution in [0.25, 0.3) is 0 Å². The third kappa shape index (κ3) is 4.38. The fourth-order valence-electron chi connectivity index (χ4n) is 3.51. The fourth-order valence-corrected chi connectivity index (χ4v) is 4.52. The number of aliphatic hydroxyl groups excluding tert-OH is 1. The summed E-state index contributed by atoms with van der Waals surface area (Å²) in [7, 11) is -1.87. The maximum atomic E-state index is 10.8. The van der Waals surface area contributed by atoms with Crippen molar-refractivity contribution in [2.75, 3.05) is 6.61 Å². The minimum atomic E-state index is -1.87.